The average Bonchev–Trinajstić information content (AvgIpc) is 1.94. The lowest BCUT2D eigenvalue weighted by molar-refractivity contribution is 0.152. The van der Waals surface area contributed by atoms with Crippen LogP contribution < -0.4 is 5.73 Å². The summed E-state index contributed by atoms with van der Waals surface area (Å²) in [6.07, 6.45) is -2.64. The minimum Gasteiger partial charge on any atom is -0.508 e. The molecule has 0 bridgehead atoms. The molecule has 0 amide bonds. The monoisotopic (exact) mass is 159 g/mol. The van der Waals surface area contributed by atoms with Crippen molar-refractivity contribution in [3.8, 4) is 5.75 Å². The van der Waals surface area contributed by atoms with Crippen LogP contribution in [0.3, 0.4) is 0 Å². The highest BCUT2D eigenvalue weighted by Gasteiger charge is 2.10. The van der Waals surface area contributed by atoms with Crippen LogP contribution in [0.15, 0.2) is 18.2 Å². The molecule has 0 aliphatic carbocycles. The molecule has 1 aromatic carbocycles. The Kier molecular flexibility index (Phi) is 1.94. The van der Waals surface area contributed by atoms with E-state index in [1.807, 2.05) is 0 Å². The molecule has 11 heavy (non-hydrogen) atoms. The Labute approximate surface area is 62.3 Å². The molecule has 1 rings (SSSR count). The lowest BCUT2D eigenvalue weighted by Crippen LogP contribution is -1.93. The minimum atomic E-state index is -2.64. The molecule has 0 spiro atoms. The number of aromatic hydroxyl groups is 1. The van der Waals surface area contributed by atoms with E-state index in [4.69, 9.17) is 10.8 Å². The Morgan fingerprint density at radius 1 is 1.36 bits per heavy atom. The van der Waals surface area contributed by atoms with E-state index in [0.29, 0.717) is 0 Å². The number of rotatable bonds is 1. The molecule has 0 radical (unpaired) electrons. The van der Waals surface area contributed by atoms with E-state index in [9.17, 15) is 8.78 Å². The van der Waals surface area contributed by atoms with E-state index in [1.54, 1.807) is 0 Å². The normalized spacial score (nSPS) is 10.5. The van der Waals surface area contributed by atoms with Gasteiger partial charge in [-0.05, 0) is 18.2 Å². The van der Waals surface area contributed by atoms with Crippen LogP contribution in [0, 0.1) is 0 Å². The number of hydrogen-bond donors (Lipinski definition) is 2. The van der Waals surface area contributed by atoms with Crippen molar-refractivity contribution < 1.29 is 13.9 Å². The fourth-order valence-corrected chi connectivity index (χ4v) is 0.751. The number of nitrogens with two attached hydrogens (primary N) is 1. The van der Waals surface area contributed by atoms with E-state index in [2.05, 4.69) is 0 Å². The second-order valence-electron chi connectivity index (χ2n) is 2.11. The van der Waals surface area contributed by atoms with Gasteiger partial charge in [0.2, 0.25) is 0 Å². The Morgan fingerprint density at radius 2 is 2.00 bits per heavy atom. The van der Waals surface area contributed by atoms with Crippen molar-refractivity contribution in [2.75, 3.05) is 5.73 Å². The molecule has 0 saturated heterocycles. The van der Waals surface area contributed by atoms with Gasteiger partial charge in [-0.2, -0.15) is 0 Å². The second kappa shape index (κ2) is 2.74. The summed E-state index contributed by atoms with van der Waals surface area (Å²) in [4.78, 5) is 0. The summed E-state index contributed by atoms with van der Waals surface area (Å²) in [6.45, 7) is 0. The number of halogens is 2. The van der Waals surface area contributed by atoms with E-state index in [1.165, 1.54) is 12.1 Å². The van der Waals surface area contributed by atoms with Gasteiger partial charge in [-0.1, -0.05) is 0 Å². The van der Waals surface area contributed by atoms with Crippen LogP contribution in [-0.2, 0) is 0 Å². The van der Waals surface area contributed by atoms with Crippen LogP contribution in [0.4, 0.5) is 14.5 Å². The largest absolute Gasteiger partial charge is 0.508 e. The van der Waals surface area contributed by atoms with E-state index in [-0.39, 0.29) is 17.0 Å². The van der Waals surface area contributed by atoms with Gasteiger partial charge in [-0.3, -0.25) is 0 Å². The van der Waals surface area contributed by atoms with Gasteiger partial charge in [0, 0.05) is 11.3 Å². The van der Waals surface area contributed by atoms with Gasteiger partial charge in [0.15, 0.2) is 0 Å². The number of phenolic OH excluding ortho intramolecular Hbond substituents is 1. The molecule has 0 fully saturated rings. The summed E-state index contributed by atoms with van der Waals surface area (Å²) in [5, 5.41) is 8.80. The highest BCUT2D eigenvalue weighted by molar-refractivity contribution is 5.50. The molecule has 0 aromatic heterocycles. The van der Waals surface area contributed by atoms with Gasteiger partial charge in [0.1, 0.15) is 5.75 Å². The van der Waals surface area contributed by atoms with Crippen molar-refractivity contribution in [2.24, 2.45) is 0 Å². The molecule has 1 aromatic rings. The molecule has 0 heterocycles. The molecule has 3 N–H and O–H groups in total. The topological polar surface area (TPSA) is 46.2 Å². The van der Waals surface area contributed by atoms with Crippen molar-refractivity contribution in [1.29, 1.82) is 0 Å². The zero-order chi connectivity index (χ0) is 8.43. The first-order valence-electron chi connectivity index (χ1n) is 2.98. The van der Waals surface area contributed by atoms with Gasteiger partial charge in [-0.25, -0.2) is 8.78 Å². The van der Waals surface area contributed by atoms with Crippen molar-refractivity contribution >= 4 is 5.69 Å². The van der Waals surface area contributed by atoms with Gasteiger partial charge in [0.25, 0.3) is 6.43 Å². The predicted molar refractivity (Wildman–Crippen MR) is 37.5 cm³/mol. The first-order chi connectivity index (χ1) is 5.11. The van der Waals surface area contributed by atoms with E-state index in [0.717, 1.165) is 6.07 Å². The number of nitrogen functional groups attached to an aromatic ring is 1. The highest BCUT2D eigenvalue weighted by atomic mass is 19.3. The number of anilines is 1. The standard InChI is InChI=1S/C7H7F2NO/c8-7(9)5-3-4(11)1-2-6(5)10/h1-3,7,11H,10H2. The Hall–Kier alpha value is -1.32. The summed E-state index contributed by atoms with van der Waals surface area (Å²) in [5.74, 6) is -0.200. The Bertz CT molecular complexity index is 263. The number of alkyl halides is 2. The van der Waals surface area contributed by atoms with E-state index >= 15 is 0 Å². The molecular formula is C7H7F2NO. The van der Waals surface area contributed by atoms with Crippen LogP contribution in [0.25, 0.3) is 0 Å². The lowest BCUT2D eigenvalue weighted by atomic mass is 10.2. The third-order valence-electron chi connectivity index (χ3n) is 1.31. The molecule has 2 nitrogen and oxygen atoms in total. The summed E-state index contributed by atoms with van der Waals surface area (Å²) in [6, 6.07) is 3.47. The summed E-state index contributed by atoms with van der Waals surface area (Å²) in [7, 11) is 0. The summed E-state index contributed by atoms with van der Waals surface area (Å²) < 4.78 is 24.0. The van der Waals surface area contributed by atoms with Gasteiger partial charge in [0.05, 0.1) is 0 Å². The van der Waals surface area contributed by atoms with Crippen molar-refractivity contribution in [2.45, 2.75) is 6.43 Å². The van der Waals surface area contributed by atoms with Crippen LogP contribution in [0.5, 0.6) is 5.75 Å². The van der Waals surface area contributed by atoms with Crippen LogP contribution >= 0.6 is 0 Å². The molecule has 0 aliphatic rings. The van der Waals surface area contributed by atoms with Crippen LogP contribution in [0.1, 0.15) is 12.0 Å². The maximum atomic E-state index is 12.0. The Balaban J connectivity index is 3.13. The third kappa shape index (κ3) is 1.58. The zero-order valence-corrected chi connectivity index (χ0v) is 5.59. The van der Waals surface area contributed by atoms with Crippen LogP contribution in [0.2, 0.25) is 0 Å². The molecular weight excluding hydrogens is 152 g/mol. The van der Waals surface area contributed by atoms with E-state index < -0.39 is 6.43 Å². The SMILES string of the molecule is Nc1ccc(O)cc1C(F)F. The zero-order valence-electron chi connectivity index (χ0n) is 5.59. The maximum Gasteiger partial charge on any atom is 0.265 e. The molecule has 4 heteroatoms. The minimum absolute atomic E-state index is 0.00204. The van der Waals surface area contributed by atoms with Crippen molar-refractivity contribution in [3.05, 3.63) is 23.8 Å². The molecule has 0 aliphatic heterocycles. The third-order valence-corrected chi connectivity index (χ3v) is 1.31. The first kappa shape index (κ1) is 7.78. The Morgan fingerprint density at radius 3 is 2.45 bits per heavy atom. The summed E-state index contributed by atoms with van der Waals surface area (Å²) in [5.41, 5.74) is 4.87. The second-order valence-corrected chi connectivity index (χ2v) is 2.11. The molecule has 0 atom stereocenters. The first-order valence-corrected chi connectivity index (χ1v) is 2.98. The highest BCUT2D eigenvalue weighted by Crippen LogP contribution is 2.27. The van der Waals surface area contributed by atoms with Gasteiger partial charge >= 0.3 is 0 Å². The van der Waals surface area contributed by atoms with Gasteiger partial charge in [-0.15, -0.1) is 0 Å². The number of benzene rings is 1. The van der Waals surface area contributed by atoms with Crippen molar-refractivity contribution in [1.82, 2.24) is 0 Å². The number of hydrogen-bond acceptors (Lipinski definition) is 2. The fourth-order valence-electron chi connectivity index (χ4n) is 0.751. The molecule has 0 unspecified atom stereocenters. The average molecular weight is 159 g/mol. The van der Waals surface area contributed by atoms with Crippen molar-refractivity contribution in [3.63, 3.8) is 0 Å². The van der Waals surface area contributed by atoms with Crippen LogP contribution in [-0.4, -0.2) is 5.11 Å². The number of phenols is 1. The predicted octanol–water partition coefficient (Wildman–Crippen LogP) is 1.91. The van der Waals surface area contributed by atoms with Gasteiger partial charge < -0.3 is 10.8 Å². The maximum absolute atomic E-state index is 12.0. The fraction of sp³-hybridized carbons (Fsp3) is 0.143. The molecule has 60 valence electrons. The quantitative estimate of drug-likeness (QED) is 0.485. The lowest BCUT2D eigenvalue weighted by Gasteiger charge is -2.03. The smallest absolute Gasteiger partial charge is 0.265 e. The summed E-state index contributed by atoms with van der Waals surface area (Å²) >= 11 is 0. The molecule has 0 saturated carbocycles.